The molecule has 2 aromatic heterocycles. The number of rotatable bonds is 8. The number of hydrogen-bond acceptors (Lipinski definition) is 5. The van der Waals surface area contributed by atoms with E-state index in [1.807, 2.05) is 50.1 Å². The van der Waals surface area contributed by atoms with E-state index in [9.17, 15) is 4.79 Å². The zero-order valence-corrected chi connectivity index (χ0v) is 14.5. The molecular weight excluding hydrogens is 304 g/mol. The molecule has 0 saturated heterocycles. The molecule has 0 aliphatic heterocycles. The van der Waals surface area contributed by atoms with E-state index in [-0.39, 0.29) is 5.91 Å². The van der Waals surface area contributed by atoms with Gasteiger partial charge in [0.25, 0.3) is 0 Å². The fourth-order valence-corrected chi connectivity index (χ4v) is 2.01. The van der Waals surface area contributed by atoms with Crippen molar-refractivity contribution < 1.29 is 9.53 Å². The zero-order valence-electron chi connectivity index (χ0n) is 14.5. The Hall–Kier alpha value is -2.63. The SMILES string of the molecule is CCC(=O)NCc1ccc(N(C)CCOc2ccc(C)cn2)nc1. The molecule has 0 atom stereocenters. The molecule has 0 unspecified atom stereocenters. The van der Waals surface area contributed by atoms with E-state index in [0.29, 0.717) is 32.0 Å². The predicted molar refractivity (Wildman–Crippen MR) is 94.1 cm³/mol. The molecule has 1 N–H and O–H groups in total. The van der Waals surface area contributed by atoms with Crippen LogP contribution >= 0.6 is 0 Å². The molecule has 2 aromatic rings. The van der Waals surface area contributed by atoms with Crippen LogP contribution in [-0.4, -0.2) is 36.1 Å². The third kappa shape index (κ3) is 5.53. The Kier molecular flexibility index (Phi) is 6.54. The van der Waals surface area contributed by atoms with Gasteiger partial charge in [-0.05, 0) is 24.1 Å². The first kappa shape index (κ1) is 17.7. The van der Waals surface area contributed by atoms with Gasteiger partial charge in [0, 0.05) is 38.5 Å². The van der Waals surface area contributed by atoms with Crippen LogP contribution in [0.2, 0.25) is 0 Å². The van der Waals surface area contributed by atoms with Gasteiger partial charge in [-0.25, -0.2) is 9.97 Å². The van der Waals surface area contributed by atoms with E-state index in [2.05, 4.69) is 15.3 Å². The maximum atomic E-state index is 11.3. The number of nitrogens with zero attached hydrogens (tertiary/aromatic N) is 3. The molecule has 6 nitrogen and oxygen atoms in total. The molecule has 0 saturated carbocycles. The van der Waals surface area contributed by atoms with Crippen molar-refractivity contribution in [3.05, 3.63) is 47.8 Å². The van der Waals surface area contributed by atoms with Gasteiger partial charge in [-0.1, -0.05) is 19.1 Å². The van der Waals surface area contributed by atoms with Crippen LogP contribution in [0.1, 0.15) is 24.5 Å². The fraction of sp³-hybridized carbons (Fsp3) is 0.389. The summed E-state index contributed by atoms with van der Waals surface area (Å²) in [7, 11) is 1.97. The first-order valence-corrected chi connectivity index (χ1v) is 8.06. The van der Waals surface area contributed by atoms with Crippen molar-refractivity contribution in [2.75, 3.05) is 25.1 Å². The Balaban J connectivity index is 1.78. The number of aryl methyl sites for hydroxylation is 1. The Morgan fingerprint density at radius 2 is 2.04 bits per heavy atom. The Bertz CT molecular complexity index is 641. The Morgan fingerprint density at radius 1 is 1.21 bits per heavy atom. The van der Waals surface area contributed by atoms with Crippen LogP contribution < -0.4 is 15.0 Å². The number of carbonyl (C=O) groups excluding carboxylic acids is 1. The summed E-state index contributed by atoms with van der Waals surface area (Å²) in [5.41, 5.74) is 2.09. The van der Waals surface area contributed by atoms with Crippen LogP contribution in [0.5, 0.6) is 5.88 Å². The lowest BCUT2D eigenvalue weighted by atomic mass is 10.2. The zero-order chi connectivity index (χ0) is 17.4. The van der Waals surface area contributed by atoms with Crippen molar-refractivity contribution in [1.29, 1.82) is 0 Å². The molecule has 24 heavy (non-hydrogen) atoms. The largest absolute Gasteiger partial charge is 0.476 e. The van der Waals surface area contributed by atoms with Gasteiger partial charge in [0.05, 0.1) is 6.54 Å². The summed E-state index contributed by atoms with van der Waals surface area (Å²) in [4.78, 5) is 21.9. The van der Waals surface area contributed by atoms with E-state index in [0.717, 1.165) is 16.9 Å². The summed E-state index contributed by atoms with van der Waals surface area (Å²) in [6.45, 7) is 5.57. The molecule has 0 aliphatic carbocycles. The number of anilines is 1. The van der Waals surface area contributed by atoms with Crippen molar-refractivity contribution in [2.24, 2.45) is 0 Å². The molecule has 0 spiro atoms. The normalized spacial score (nSPS) is 10.3. The number of ether oxygens (including phenoxy) is 1. The van der Waals surface area contributed by atoms with E-state index in [4.69, 9.17) is 4.74 Å². The van der Waals surface area contributed by atoms with Crippen LogP contribution in [-0.2, 0) is 11.3 Å². The van der Waals surface area contributed by atoms with Crippen LogP contribution in [0.15, 0.2) is 36.7 Å². The average Bonchev–Trinajstić information content (AvgIpc) is 2.61. The number of pyridine rings is 2. The Labute approximate surface area is 142 Å². The number of likely N-dealkylation sites (N-methyl/N-ethyl adjacent to an activating group) is 1. The van der Waals surface area contributed by atoms with E-state index in [1.165, 1.54) is 0 Å². The van der Waals surface area contributed by atoms with Crippen molar-refractivity contribution in [2.45, 2.75) is 26.8 Å². The lowest BCUT2D eigenvalue weighted by molar-refractivity contribution is -0.120. The topological polar surface area (TPSA) is 67.4 Å². The smallest absolute Gasteiger partial charge is 0.219 e. The monoisotopic (exact) mass is 328 g/mol. The van der Waals surface area contributed by atoms with Crippen LogP contribution in [0, 0.1) is 6.92 Å². The highest BCUT2D eigenvalue weighted by atomic mass is 16.5. The fourth-order valence-electron chi connectivity index (χ4n) is 2.01. The molecule has 0 aromatic carbocycles. The Morgan fingerprint density at radius 3 is 2.67 bits per heavy atom. The molecule has 6 heteroatoms. The lowest BCUT2D eigenvalue weighted by Gasteiger charge is -2.18. The summed E-state index contributed by atoms with van der Waals surface area (Å²) in [6.07, 6.45) is 4.06. The number of hydrogen-bond donors (Lipinski definition) is 1. The molecule has 0 aliphatic rings. The molecule has 1 amide bonds. The second kappa shape index (κ2) is 8.86. The maximum absolute atomic E-state index is 11.3. The first-order chi connectivity index (χ1) is 11.6. The van der Waals surface area contributed by atoms with Crippen molar-refractivity contribution in [3.8, 4) is 5.88 Å². The van der Waals surface area contributed by atoms with Crippen LogP contribution in [0.25, 0.3) is 0 Å². The van der Waals surface area contributed by atoms with Gasteiger partial charge in [-0.15, -0.1) is 0 Å². The minimum atomic E-state index is 0.0399. The summed E-state index contributed by atoms with van der Waals surface area (Å²) < 4.78 is 5.63. The number of carbonyl (C=O) groups is 1. The molecule has 2 heterocycles. The third-order valence-electron chi connectivity index (χ3n) is 3.57. The average molecular weight is 328 g/mol. The molecular formula is C18H24N4O2. The molecule has 0 fully saturated rings. The van der Waals surface area contributed by atoms with E-state index < -0.39 is 0 Å². The quantitative estimate of drug-likeness (QED) is 0.805. The maximum Gasteiger partial charge on any atom is 0.219 e. The van der Waals surface area contributed by atoms with Crippen molar-refractivity contribution in [3.63, 3.8) is 0 Å². The third-order valence-corrected chi connectivity index (χ3v) is 3.57. The number of nitrogens with one attached hydrogen (secondary N) is 1. The highest BCUT2D eigenvalue weighted by molar-refractivity contribution is 5.75. The second-order valence-electron chi connectivity index (χ2n) is 5.60. The lowest BCUT2D eigenvalue weighted by Crippen LogP contribution is -2.25. The highest BCUT2D eigenvalue weighted by Crippen LogP contribution is 2.10. The molecule has 0 radical (unpaired) electrons. The van der Waals surface area contributed by atoms with Crippen LogP contribution in [0.4, 0.5) is 5.82 Å². The second-order valence-corrected chi connectivity index (χ2v) is 5.60. The summed E-state index contributed by atoms with van der Waals surface area (Å²) >= 11 is 0. The number of aromatic nitrogens is 2. The van der Waals surface area contributed by atoms with Crippen molar-refractivity contribution in [1.82, 2.24) is 15.3 Å². The van der Waals surface area contributed by atoms with E-state index in [1.54, 1.807) is 12.4 Å². The standard InChI is InChI=1S/C18H24N4O2/c1-4-17(23)20-13-15-6-7-16(19-12-15)22(3)9-10-24-18-8-5-14(2)11-21-18/h5-8,11-12H,4,9-10,13H2,1-3H3,(H,20,23). The van der Waals surface area contributed by atoms with Gasteiger partial charge in [-0.3, -0.25) is 4.79 Å². The van der Waals surface area contributed by atoms with Gasteiger partial charge in [0.2, 0.25) is 11.8 Å². The van der Waals surface area contributed by atoms with Crippen LogP contribution in [0.3, 0.4) is 0 Å². The molecule has 2 rings (SSSR count). The molecule has 0 bridgehead atoms. The van der Waals surface area contributed by atoms with Gasteiger partial charge in [-0.2, -0.15) is 0 Å². The number of amides is 1. The van der Waals surface area contributed by atoms with Gasteiger partial charge >= 0.3 is 0 Å². The van der Waals surface area contributed by atoms with Gasteiger partial charge in [0.1, 0.15) is 12.4 Å². The van der Waals surface area contributed by atoms with E-state index >= 15 is 0 Å². The van der Waals surface area contributed by atoms with Gasteiger partial charge < -0.3 is 15.0 Å². The molecule has 128 valence electrons. The highest BCUT2D eigenvalue weighted by Gasteiger charge is 2.04. The minimum Gasteiger partial charge on any atom is -0.476 e. The van der Waals surface area contributed by atoms with Crippen molar-refractivity contribution >= 4 is 11.7 Å². The predicted octanol–water partition coefficient (Wildman–Crippen LogP) is 2.33. The van der Waals surface area contributed by atoms with Gasteiger partial charge in [0.15, 0.2) is 0 Å². The summed E-state index contributed by atoms with van der Waals surface area (Å²) in [5.74, 6) is 1.53. The summed E-state index contributed by atoms with van der Waals surface area (Å²) in [6, 6.07) is 7.76. The summed E-state index contributed by atoms with van der Waals surface area (Å²) in [5, 5.41) is 2.83. The minimum absolute atomic E-state index is 0.0399. The first-order valence-electron chi connectivity index (χ1n) is 8.06.